The first-order valence-corrected chi connectivity index (χ1v) is 14.8. The molecule has 210 valence electrons. The summed E-state index contributed by atoms with van der Waals surface area (Å²) < 4.78 is 7.53. The predicted molar refractivity (Wildman–Crippen MR) is 162 cm³/mol. The number of rotatable bonds is 11. The number of thiazole rings is 1. The van der Waals surface area contributed by atoms with Crippen molar-refractivity contribution in [2.75, 3.05) is 38.1 Å². The first-order chi connectivity index (χ1) is 19.1. The normalized spacial score (nSPS) is 12.2. The highest BCUT2D eigenvalue weighted by Gasteiger charge is 2.20. The van der Waals surface area contributed by atoms with Crippen LogP contribution in [0, 0.1) is 0 Å². The zero-order chi connectivity index (χ0) is 28.4. The number of pyridine rings is 1. The number of Topliss-reactive ketones (excluding diaryl/α,β-unsaturated/α-hetero) is 1. The van der Waals surface area contributed by atoms with Gasteiger partial charge in [-0.05, 0) is 30.8 Å². The Balaban J connectivity index is 1.25. The number of anilines is 1. The molecule has 9 heteroatoms. The van der Waals surface area contributed by atoms with Gasteiger partial charge in [0.25, 0.3) is 0 Å². The van der Waals surface area contributed by atoms with E-state index in [1.807, 2.05) is 30.3 Å². The van der Waals surface area contributed by atoms with Crippen LogP contribution >= 0.6 is 11.3 Å². The molecule has 0 spiro atoms. The molecule has 40 heavy (non-hydrogen) atoms. The molecular weight excluding hydrogens is 520 g/mol. The molecule has 0 aliphatic heterocycles. The standard InChI is InChI=1S/C31H38N6O2S/c1-7-36(8-2)16-15-35(6)28-14-13-26-29(33-28)40-30-32-25(20-37(26)30)22-11-9-21(10-12-22)17-24(38)18-23-19-27(39-34-23)31(3,4)5/h9-14,19-20H,7-8,15-18H2,1-6H3. The van der Waals surface area contributed by atoms with Crippen LogP contribution in [0.2, 0.25) is 0 Å². The molecule has 0 bridgehead atoms. The van der Waals surface area contributed by atoms with Crippen LogP contribution in [0.25, 0.3) is 26.6 Å². The lowest BCUT2D eigenvalue weighted by Crippen LogP contribution is -2.33. The number of carbonyl (C=O) groups excluding carboxylic acids is 1. The summed E-state index contributed by atoms with van der Waals surface area (Å²) in [4.78, 5) is 29.0. The van der Waals surface area contributed by atoms with E-state index in [4.69, 9.17) is 14.5 Å². The van der Waals surface area contributed by atoms with Crippen molar-refractivity contribution < 1.29 is 9.32 Å². The first-order valence-electron chi connectivity index (χ1n) is 13.9. The molecule has 0 fully saturated rings. The van der Waals surface area contributed by atoms with E-state index in [9.17, 15) is 4.79 Å². The highest BCUT2D eigenvalue weighted by Crippen LogP contribution is 2.30. The van der Waals surface area contributed by atoms with Gasteiger partial charge < -0.3 is 14.3 Å². The summed E-state index contributed by atoms with van der Waals surface area (Å²) in [5.74, 6) is 1.88. The van der Waals surface area contributed by atoms with E-state index < -0.39 is 0 Å². The average molecular weight is 559 g/mol. The van der Waals surface area contributed by atoms with Crippen molar-refractivity contribution in [1.82, 2.24) is 24.4 Å². The molecule has 0 atom stereocenters. The third-order valence-corrected chi connectivity index (χ3v) is 8.28. The number of ketones is 1. The number of imidazole rings is 1. The number of carbonyl (C=O) groups is 1. The maximum atomic E-state index is 12.7. The second-order valence-corrected chi connectivity index (χ2v) is 12.3. The Kier molecular flexibility index (Phi) is 8.05. The Morgan fingerprint density at radius 2 is 1.75 bits per heavy atom. The molecule has 5 rings (SSSR count). The number of nitrogens with zero attached hydrogens (tertiary/aromatic N) is 6. The molecule has 0 saturated heterocycles. The minimum atomic E-state index is -0.126. The Morgan fingerprint density at radius 1 is 1.00 bits per heavy atom. The van der Waals surface area contributed by atoms with Gasteiger partial charge in [-0.2, -0.15) is 0 Å². The molecule has 0 aliphatic rings. The van der Waals surface area contributed by atoms with Gasteiger partial charge in [-0.1, -0.05) is 75.4 Å². The zero-order valence-corrected chi connectivity index (χ0v) is 25.1. The summed E-state index contributed by atoms with van der Waals surface area (Å²) in [7, 11) is 2.10. The van der Waals surface area contributed by atoms with Gasteiger partial charge in [0.05, 0.1) is 23.3 Å². The smallest absolute Gasteiger partial charge is 0.196 e. The second-order valence-electron chi connectivity index (χ2n) is 11.3. The van der Waals surface area contributed by atoms with Crippen LogP contribution in [-0.2, 0) is 23.1 Å². The van der Waals surface area contributed by atoms with E-state index in [0.717, 1.165) is 69.9 Å². The van der Waals surface area contributed by atoms with Crippen LogP contribution in [0.4, 0.5) is 5.82 Å². The first kappa shape index (κ1) is 28.0. The van der Waals surface area contributed by atoms with Crippen molar-refractivity contribution in [3.05, 3.63) is 65.7 Å². The lowest BCUT2D eigenvalue weighted by molar-refractivity contribution is -0.117. The molecule has 4 heterocycles. The highest BCUT2D eigenvalue weighted by molar-refractivity contribution is 7.23. The fourth-order valence-electron chi connectivity index (χ4n) is 4.71. The predicted octanol–water partition coefficient (Wildman–Crippen LogP) is 6.03. The molecule has 1 aromatic carbocycles. The fourth-order valence-corrected chi connectivity index (χ4v) is 5.68. The fraction of sp³-hybridized carbons (Fsp3) is 0.419. The zero-order valence-electron chi connectivity index (χ0n) is 24.3. The van der Waals surface area contributed by atoms with Crippen LogP contribution in [0.1, 0.15) is 51.6 Å². The van der Waals surface area contributed by atoms with Crippen LogP contribution in [0.3, 0.4) is 0 Å². The summed E-state index contributed by atoms with van der Waals surface area (Å²) in [6.07, 6.45) is 2.70. The van der Waals surface area contributed by atoms with Gasteiger partial charge >= 0.3 is 0 Å². The maximum Gasteiger partial charge on any atom is 0.196 e. The van der Waals surface area contributed by atoms with Crippen molar-refractivity contribution in [3.8, 4) is 11.3 Å². The topological polar surface area (TPSA) is 79.8 Å². The number of aromatic nitrogens is 4. The molecule has 8 nitrogen and oxygen atoms in total. The van der Waals surface area contributed by atoms with Crippen LogP contribution in [0.15, 0.2) is 53.2 Å². The summed E-state index contributed by atoms with van der Waals surface area (Å²) in [6, 6.07) is 14.2. The molecule has 0 unspecified atom stereocenters. The van der Waals surface area contributed by atoms with Gasteiger partial charge in [0, 0.05) is 49.8 Å². The van der Waals surface area contributed by atoms with Gasteiger partial charge in [0.2, 0.25) is 0 Å². The number of hydrogen-bond acceptors (Lipinski definition) is 8. The van der Waals surface area contributed by atoms with Crippen molar-refractivity contribution in [2.24, 2.45) is 0 Å². The lowest BCUT2D eigenvalue weighted by Gasteiger charge is -2.23. The molecule has 0 N–H and O–H groups in total. The van der Waals surface area contributed by atoms with E-state index in [1.165, 1.54) is 0 Å². The Labute approximate surface area is 239 Å². The number of likely N-dealkylation sites (N-methyl/N-ethyl adjacent to an activating group) is 2. The Bertz CT molecular complexity index is 1600. The maximum absolute atomic E-state index is 12.7. The van der Waals surface area contributed by atoms with Gasteiger partial charge in [0.15, 0.2) is 4.96 Å². The SMILES string of the molecule is CCN(CC)CCN(C)c1ccc2c(n1)sc1nc(-c3ccc(CC(=O)Cc4cc(C(C)(C)C)on4)cc3)cn12. The van der Waals surface area contributed by atoms with Gasteiger partial charge in [-0.15, -0.1) is 0 Å². The monoisotopic (exact) mass is 558 g/mol. The van der Waals surface area contributed by atoms with Crippen LogP contribution in [0.5, 0.6) is 0 Å². The third kappa shape index (κ3) is 6.10. The van der Waals surface area contributed by atoms with E-state index in [-0.39, 0.29) is 17.6 Å². The minimum Gasteiger partial charge on any atom is -0.361 e. The summed E-state index contributed by atoms with van der Waals surface area (Å²) in [5, 5.41) is 4.08. The third-order valence-electron chi connectivity index (χ3n) is 7.31. The Morgan fingerprint density at radius 3 is 2.42 bits per heavy atom. The molecular formula is C31H38N6O2S. The summed E-state index contributed by atoms with van der Waals surface area (Å²) in [6.45, 7) is 14.7. The van der Waals surface area contributed by atoms with Gasteiger partial charge in [0.1, 0.15) is 22.2 Å². The molecule has 4 aromatic heterocycles. The Hall–Kier alpha value is -3.56. The number of benzene rings is 1. The van der Waals surface area contributed by atoms with E-state index in [1.54, 1.807) is 11.3 Å². The molecule has 0 saturated carbocycles. The van der Waals surface area contributed by atoms with Crippen molar-refractivity contribution >= 4 is 38.2 Å². The van der Waals surface area contributed by atoms with E-state index in [2.05, 4.69) is 79.4 Å². The second kappa shape index (κ2) is 11.5. The lowest BCUT2D eigenvalue weighted by atomic mass is 9.93. The van der Waals surface area contributed by atoms with Gasteiger partial charge in [-0.3, -0.25) is 9.20 Å². The van der Waals surface area contributed by atoms with Gasteiger partial charge in [-0.25, -0.2) is 9.97 Å². The molecule has 0 aliphatic carbocycles. The number of hydrogen-bond donors (Lipinski definition) is 0. The van der Waals surface area contributed by atoms with E-state index >= 15 is 0 Å². The van der Waals surface area contributed by atoms with Crippen molar-refractivity contribution in [3.63, 3.8) is 0 Å². The van der Waals surface area contributed by atoms with Crippen molar-refractivity contribution in [2.45, 2.75) is 52.9 Å². The van der Waals surface area contributed by atoms with E-state index in [0.29, 0.717) is 12.1 Å². The molecule has 0 radical (unpaired) electrons. The highest BCUT2D eigenvalue weighted by atomic mass is 32.1. The largest absolute Gasteiger partial charge is 0.361 e. The quantitative estimate of drug-likeness (QED) is 0.196. The van der Waals surface area contributed by atoms with Crippen LogP contribution < -0.4 is 4.90 Å². The molecule has 0 amide bonds. The minimum absolute atomic E-state index is 0.112. The van der Waals surface area contributed by atoms with Crippen molar-refractivity contribution in [1.29, 1.82) is 0 Å². The summed E-state index contributed by atoms with van der Waals surface area (Å²) >= 11 is 1.60. The average Bonchev–Trinajstić information content (AvgIpc) is 3.64. The number of fused-ring (bicyclic) bond motifs is 3. The van der Waals surface area contributed by atoms with Crippen LogP contribution in [-0.4, -0.2) is 63.4 Å². The molecule has 5 aromatic rings. The summed E-state index contributed by atoms with van der Waals surface area (Å²) in [5.41, 5.74) is 4.52.